The highest BCUT2D eigenvalue weighted by Gasteiger charge is 2.07. The van der Waals surface area contributed by atoms with Gasteiger partial charge in [-0.25, -0.2) is 8.78 Å². The van der Waals surface area contributed by atoms with Gasteiger partial charge in [0.15, 0.2) is 11.6 Å². The lowest BCUT2D eigenvalue weighted by molar-refractivity contribution is 0.0473. The Kier molecular flexibility index (Phi) is 7.23. The van der Waals surface area contributed by atoms with Gasteiger partial charge in [-0.1, -0.05) is 13.3 Å². The Bertz CT molecular complexity index is 361. The molecule has 1 atom stereocenters. The molecule has 2 nitrogen and oxygen atoms in total. The molecule has 0 aromatic heterocycles. The van der Waals surface area contributed by atoms with E-state index < -0.39 is 17.7 Å². The van der Waals surface area contributed by atoms with Gasteiger partial charge in [-0.3, -0.25) is 0 Å². The fourth-order valence-corrected chi connectivity index (χ4v) is 2.11. The Balaban J connectivity index is 2.24. The number of halogens is 2. The van der Waals surface area contributed by atoms with E-state index in [1.807, 2.05) is 0 Å². The van der Waals surface area contributed by atoms with Crippen molar-refractivity contribution in [2.75, 3.05) is 19.0 Å². The number of hydrogen-bond acceptors (Lipinski definition) is 3. The number of aliphatic hydroxyl groups is 1. The summed E-state index contributed by atoms with van der Waals surface area (Å²) < 4.78 is 30.9. The lowest BCUT2D eigenvalue weighted by atomic mass is 10.3. The first kappa shape index (κ1) is 15.4. The Hall–Kier alpha value is -0.650. The van der Waals surface area contributed by atoms with Gasteiger partial charge in [0.05, 0.1) is 12.7 Å². The molecule has 1 N–H and O–H groups in total. The van der Waals surface area contributed by atoms with Gasteiger partial charge in [-0.15, -0.1) is 11.8 Å². The van der Waals surface area contributed by atoms with Crippen molar-refractivity contribution in [1.29, 1.82) is 0 Å². The standard InChI is InChI=1S/C13H18F2O2S/c1-2-3-6-17-8-10(16)9-18-11-4-5-12(14)13(15)7-11/h4-5,7,10,16H,2-3,6,8-9H2,1H3. The van der Waals surface area contributed by atoms with Crippen molar-refractivity contribution in [3.8, 4) is 0 Å². The summed E-state index contributed by atoms with van der Waals surface area (Å²) in [6.07, 6.45) is 1.43. The van der Waals surface area contributed by atoms with Crippen LogP contribution >= 0.6 is 11.8 Å². The van der Waals surface area contributed by atoms with Crippen LogP contribution in [0.2, 0.25) is 0 Å². The number of hydrogen-bond donors (Lipinski definition) is 1. The van der Waals surface area contributed by atoms with Crippen molar-refractivity contribution < 1.29 is 18.6 Å². The van der Waals surface area contributed by atoms with E-state index in [1.165, 1.54) is 17.8 Å². The lowest BCUT2D eigenvalue weighted by Crippen LogP contribution is -2.18. The molecule has 18 heavy (non-hydrogen) atoms. The van der Waals surface area contributed by atoms with Gasteiger partial charge in [0.2, 0.25) is 0 Å². The molecule has 1 aromatic carbocycles. The monoisotopic (exact) mass is 276 g/mol. The molecule has 0 radical (unpaired) electrons. The second-order valence-corrected chi connectivity index (χ2v) is 5.06. The number of unbranched alkanes of at least 4 members (excludes halogenated alkanes) is 1. The van der Waals surface area contributed by atoms with E-state index in [2.05, 4.69) is 6.92 Å². The molecule has 1 aromatic rings. The Morgan fingerprint density at radius 2 is 2.11 bits per heavy atom. The largest absolute Gasteiger partial charge is 0.390 e. The fraction of sp³-hybridized carbons (Fsp3) is 0.538. The van der Waals surface area contributed by atoms with Crippen LogP contribution in [0.5, 0.6) is 0 Å². The summed E-state index contributed by atoms with van der Waals surface area (Å²) >= 11 is 1.28. The van der Waals surface area contributed by atoms with Gasteiger partial charge < -0.3 is 9.84 Å². The zero-order valence-electron chi connectivity index (χ0n) is 10.4. The first-order chi connectivity index (χ1) is 8.63. The number of benzene rings is 1. The highest BCUT2D eigenvalue weighted by molar-refractivity contribution is 7.99. The van der Waals surface area contributed by atoms with E-state index in [0.717, 1.165) is 25.0 Å². The minimum absolute atomic E-state index is 0.274. The third kappa shape index (κ3) is 5.80. The Morgan fingerprint density at radius 1 is 1.33 bits per heavy atom. The van der Waals surface area contributed by atoms with E-state index in [0.29, 0.717) is 17.3 Å². The van der Waals surface area contributed by atoms with E-state index in [-0.39, 0.29) is 6.61 Å². The molecule has 0 spiro atoms. The topological polar surface area (TPSA) is 29.5 Å². The quantitative estimate of drug-likeness (QED) is 0.584. The van der Waals surface area contributed by atoms with E-state index >= 15 is 0 Å². The van der Waals surface area contributed by atoms with Crippen LogP contribution in [0.3, 0.4) is 0 Å². The molecule has 0 saturated carbocycles. The molecule has 0 bridgehead atoms. The molecule has 0 fully saturated rings. The van der Waals surface area contributed by atoms with Gasteiger partial charge in [0.1, 0.15) is 0 Å². The number of ether oxygens (including phenoxy) is 1. The first-order valence-electron chi connectivity index (χ1n) is 5.97. The molecule has 0 aliphatic heterocycles. The van der Waals surface area contributed by atoms with Crippen molar-refractivity contribution in [3.63, 3.8) is 0 Å². The van der Waals surface area contributed by atoms with Gasteiger partial charge >= 0.3 is 0 Å². The van der Waals surface area contributed by atoms with E-state index in [9.17, 15) is 13.9 Å². The van der Waals surface area contributed by atoms with Crippen LogP contribution in [0.4, 0.5) is 8.78 Å². The van der Waals surface area contributed by atoms with Crippen molar-refractivity contribution >= 4 is 11.8 Å². The number of aliphatic hydroxyl groups excluding tert-OH is 1. The summed E-state index contributed by atoms with van der Waals surface area (Å²) in [7, 11) is 0. The highest BCUT2D eigenvalue weighted by Crippen LogP contribution is 2.21. The molecule has 102 valence electrons. The van der Waals surface area contributed by atoms with Crippen LogP contribution in [0, 0.1) is 11.6 Å². The highest BCUT2D eigenvalue weighted by atomic mass is 32.2. The second-order valence-electron chi connectivity index (χ2n) is 3.97. The molecule has 1 unspecified atom stereocenters. The molecule has 0 saturated heterocycles. The second kappa shape index (κ2) is 8.45. The third-order valence-corrected chi connectivity index (χ3v) is 3.42. The maximum atomic E-state index is 12.9. The molecule has 0 amide bonds. The van der Waals surface area contributed by atoms with Crippen LogP contribution in [-0.4, -0.2) is 30.2 Å². The molecular weight excluding hydrogens is 258 g/mol. The van der Waals surface area contributed by atoms with Crippen LogP contribution in [0.15, 0.2) is 23.1 Å². The van der Waals surface area contributed by atoms with Gasteiger partial charge in [0, 0.05) is 17.3 Å². The molecule has 0 heterocycles. The molecule has 0 aliphatic carbocycles. The average Bonchev–Trinajstić information content (AvgIpc) is 2.36. The van der Waals surface area contributed by atoms with Crippen molar-refractivity contribution in [2.45, 2.75) is 30.8 Å². The SMILES string of the molecule is CCCCOCC(O)CSc1ccc(F)c(F)c1. The summed E-state index contributed by atoms with van der Waals surface area (Å²) in [5.41, 5.74) is 0. The zero-order chi connectivity index (χ0) is 13.4. The maximum absolute atomic E-state index is 12.9. The smallest absolute Gasteiger partial charge is 0.159 e. The van der Waals surface area contributed by atoms with Gasteiger partial charge in [-0.2, -0.15) is 0 Å². The summed E-state index contributed by atoms with van der Waals surface area (Å²) in [5.74, 6) is -1.33. The van der Waals surface area contributed by atoms with Crippen LogP contribution < -0.4 is 0 Å². The lowest BCUT2D eigenvalue weighted by Gasteiger charge is -2.10. The predicted molar refractivity (Wildman–Crippen MR) is 68.8 cm³/mol. The summed E-state index contributed by atoms with van der Waals surface area (Å²) in [6.45, 7) is 2.98. The predicted octanol–water partition coefficient (Wildman–Crippen LogP) is 3.23. The van der Waals surface area contributed by atoms with E-state index in [4.69, 9.17) is 4.74 Å². The zero-order valence-corrected chi connectivity index (χ0v) is 11.2. The number of rotatable bonds is 8. The van der Waals surface area contributed by atoms with Crippen LogP contribution in [-0.2, 0) is 4.74 Å². The summed E-state index contributed by atoms with van der Waals surface area (Å²) in [5, 5.41) is 9.62. The third-order valence-electron chi connectivity index (χ3n) is 2.29. The van der Waals surface area contributed by atoms with Gasteiger partial charge in [0.25, 0.3) is 0 Å². The first-order valence-corrected chi connectivity index (χ1v) is 6.95. The normalized spacial score (nSPS) is 12.7. The number of thioether (sulfide) groups is 1. The van der Waals surface area contributed by atoms with Crippen LogP contribution in [0.25, 0.3) is 0 Å². The Morgan fingerprint density at radius 3 is 2.78 bits per heavy atom. The fourth-order valence-electron chi connectivity index (χ4n) is 1.27. The summed E-state index contributed by atoms with van der Waals surface area (Å²) in [4.78, 5) is 0.599. The maximum Gasteiger partial charge on any atom is 0.159 e. The average molecular weight is 276 g/mol. The summed E-state index contributed by atoms with van der Waals surface area (Å²) in [6, 6.07) is 3.71. The van der Waals surface area contributed by atoms with Crippen molar-refractivity contribution in [2.24, 2.45) is 0 Å². The van der Waals surface area contributed by atoms with E-state index in [1.54, 1.807) is 0 Å². The molecule has 0 aliphatic rings. The van der Waals surface area contributed by atoms with Crippen molar-refractivity contribution in [3.05, 3.63) is 29.8 Å². The van der Waals surface area contributed by atoms with Crippen molar-refractivity contribution in [1.82, 2.24) is 0 Å². The van der Waals surface area contributed by atoms with Crippen LogP contribution in [0.1, 0.15) is 19.8 Å². The van der Waals surface area contributed by atoms with Gasteiger partial charge in [-0.05, 0) is 24.6 Å². The molecule has 1 rings (SSSR count). The Labute approximate surface area is 110 Å². The minimum Gasteiger partial charge on any atom is -0.390 e. The minimum atomic E-state index is -0.867. The molecule has 5 heteroatoms. The molecular formula is C13H18F2O2S.